The van der Waals surface area contributed by atoms with Crippen LogP contribution in [0, 0.1) is 0 Å². The molecule has 0 saturated heterocycles. The monoisotopic (exact) mass is 319 g/mol. The van der Waals surface area contributed by atoms with E-state index in [1.54, 1.807) is 0 Å². The quantitative estimate of drug-likeness (QED) is 0.864. The van der Waals surface area contributed by atoms with Crippen molar-refractivity contribution < 1.29 is 45.7 Å². The minimum atomic E-state index is -5.34. The van der Waals surface area contributed by atoms with Crippen LogP contribution < -0.4 is 9.47 Å². The third kappa shape index (κ3) is 4.68. The van der Waals surface area contributed by atoms with Crippen molar-refractivity contribution in [3.8, 4) is 11.6 Å². The zero-order valence-corrected chi connectivity index (χ0v) is 10.2. The zero-order valence-electron chi connectivity index (χ0n) is 10.2. The Bertz CT molecular complexity index is 540. The molecule has 1 aromatic heterocycles. The summed E-state index contributed by atoms with van der Waals surface area (Å²) in [5.74, 6) is -3.84. The number of carbonyl (C=O) groups is 1. The number of halogens is 6. The Morgan fingerprint density at radius 1 is 1.29 bits per heavy atom. The molecule has 0 aliphatic carbocycles. The Morgan fingerprint density at radius 3 is 2.24 bits per heavy atom. The van der Waals surface area contributed by atoms with Crippen molar-refractivity contribution >= 4 is 5.97 Å². The molecule has 118 valence electrons. The van der Waals surface area contributed by atoms with Gasteiger partial charge in [-0.25, -0.2) is 4.98 Å². The van der Waals surface area contributed by atoms with Crippen LogP contribution in [0.25, 0.3) is 0 Å². The summed E-state index contributed by atoms with van der Waals surface area (Å²) < 4.78 is 82.0. The second kappa shape index (κ2) is 5.66. The SMILES string of the molecule is COc1cc(C(F)(F)F)nc(OC(F)(F)F)c1CC(=O)O. The van der Waals surface area contributed by atoms with Crippen molar-refractivity contribution in [1.29, 1.82) is 0 Å². The van der Waals surface area contributed by atoms with Gasteiger partial charge >= 0.3 is 18.5 Å². The number of nitrogens with zero attached hydrogens (tertiary/aromatic N) is 1. The second-order valence-corrected chi connectivity index (χ2v) is 3.61. The van der Waals surface area contributed by atoms with E-state index in [9.17, 15) is 31.1 Å². The lowest BCUT2D eigenvalue weighted by molar-refractivity contribution is -0.276. The molecule has 0 aliphatic heterocycles. The Morgan fingerprint density at radius 2 is 1.86 bits per heavy atom. The molecule has 11 heteroatoms. The molecule has 0 aromatic carbocycles. The molecule has 1 heterocycles. The van der Waals surface area contributed by atoms with Gasteiger partial charge in [0.25, 0.3) is 0 Å². The molecular formula is C10H7F6NO4. The van der Waals surface area contributed by atoms with Crippen molar-refractivity contribution in [2.45, 2.75) is 19.0 Å². The van der Waals surface area contributed by atoms with Gasteiger partial charge in [0.05, 0.1) is 19.1 Å². The normalized spacial score (nSPS) is 12.1. The molecule has 0 radical (unpaired) electrons. The summed E-state index contributed by atoms with van der Waals surface area (Å²) in [4.78, 5) is 13.3. The van der Waals surface area contributed by atoms with E-state index >= 15 is 0 Å². The van der Waals surface area contributed by atoms with E-state index in [2.05, 4.69) is 14.5 Å². The van der Waals surface area contributed by atoms with Crippen LogP contribution in [0.15, 0.2) is 6.07 Å². The summed E-state index contributed by atoms with van der Waals surface area (Å²) in [5.41, 5.74) is -2.46. The van der Waals surface area contributed by atoms with Crippen molar-refractivity contribution in [2.75, 3.05) is 7.11 Å². The number of carboxylic acid groups (broad SMARTS) is 1. The lowest BCUT2D eigenvalue weighted by atomic mass is 10.1. The van der Waals surface area contributed by atoms with E-state index in [0.29, 0.717) is 6.07 Å². The summed E-state index contributed by atoms with van der Waals surface area (Å²) >= 11 is 0. The van der Waals surface area contributed by atoms with E-state index in [1.165, 1.54) is 0 Å². The van der Waals surface area contributed by atoms with E-state index in [4.69, 9.17) is 5.11 Å². The lowest BCUT2D eigenvalue weighted by Crippen LogP contribution is -2.21. The molecule has 0 fully saturated rings. The van der Waals surface area contributed by atoms with Gasteiger partial charge in [-0.2, -0.15) is 13.2 Å². The van der Waals surface area contributed by atoms with Crippen molar-refractivity contribution in [2.24, 2.45) is 0 Å². The van der Waals surface area contributed by atoms with Crippen LogP contribution in [0.1, 0.15) is 11.3 Å². The Labute approximate surface area is 113 Å². The van der Waals surface area contributed by atoms with Gasteiger partial charge in [0.2, 0.25) is 5.88 Å². The zero-order chi connectivity index (χ0) is 16.4. The van der Waals surface area contributed by atoms with Gasteiger partial charge in [-0.15, -0.1) is 13.2 Å². The van der Waals surface area contributed by atoms with Crippen LogP contribution in [-0.4, -0.2) is 29.5 Å². The summed E-state index contributed by atoms with van der Waals surface area (Å²) in [5, 5.41) is 8.60. The van der Waals surface area contributed by atoms with Crippen LogP contribution in [-0.2, 0) is 17.4 Å². The average Bonchev–Trinajstić information content (AvgIpc) is 2.27. The van der Waals surface area contributed by atoms with Crippen LogP contribution >= 0.6 is 0 Å². The average molecular weight is 319 g/mol. The molecule has 5 nitrogen and oxygen atoms in total. The molecule has 0 saturated carbocycles. The molecule has 1 rings (SSSR count). The lowest BCUT2D eigenvalue weighted by Gasteiger charge is -2.16. The molecule has 1 N–H and O–H groups in total. The number of aliphatic carboxylic acids is 1. The Hall–Kier alpha value is -2.20. The minimum Gasteiger partial charge on any atom is -0.496 e. The highest BCUT2D eigenvalue weighted by Gasteiger charge is 2.38. The topological polar surface area (TPSA) is 68.7 Å². The van der Waals surface area contributed by atoms with E-state index in [1.807, 2.05) is 0 Å². The number of rotatable bonds is 4. The highest BCUT2D eigenvalue weighted by atomic mass is 19.4. The first-order chi connectivity index (χ1) is 9.44. The molecule has 1 aromatic rings. The van der Waals surface area contributed by atoms with Crippen LogP contribution in [0.4, 0.5) is 26.3 Å². The largest absolute Gasteiger partial charge is 0.574 e. The summed E-state index contributed by atoms with van der Waals surface area (Å²) in [6.45, 7) is 0. The number of hydrogen-bond donors (Lipinski definition) is 1. The highest BCUT2D eigenvalue weighted by molar-refractivity contribution is 5.72. The number of carboxylic acids is 1. The van der Waals surface area contributed by atoms with Gasteiger partial charge in [0.15, 0.2) is 5.69 Å². The van der Waals surface area contributed by atoms with Gasteiger partial charge in [0, 0.05) is 6.07 Å². The number of ether oxygens (including phenoxy) is 2. The first kappa shape index (κ1) is 16.9. The second-order valence-electron chi connectivity index (χ2n) is 3.61. The maximum Gasteiger partial charge on any atom is 0.574 e. The summed E-state index contributed by atoms with van der Waals surface area (Å²) in [6, 6.07) is 0.293. The smallest absolute Gasteiger partial charge is 0.496 e. The van der Waals surface area contributed by atoms with Gasteiger partial charge in [0.1, 0.15) is 5.75 Å². The van der Waals surface area contributed by atoms with Crippen LogP contribution in [0.2, 0.25) is 0 Å². The highest BCUT2D eigenvalue weighted by Crippen LogP contribution is 2.37. The van der Waals surface area contributed by atoms with Crippen molar-refractivity contribution in [3.05, 3.63) is 17.3 Å². The molecule has 0 unspecified atom stereocenters. The maximum atomic E-state index is 12.5. The molecule has 0 atom stereocenters. The van der Waals surface area contributed by atoms with Gasteiger partial charge in [-0.05, 0) is 0 Å². The van der Waals surface area contributed by atoms with Gasteiger partial charge < -0.3 is 14.6 Å². The molecule has 0 aliphatic rings. The van der Waals surface area contributed by atoms with Crippen LogP contribution in [0.5, 0.6) is 11.6 Å². The predicted molar refractivity (Wildman–Crippen MR) is 53.8 cm³/mol. The van der Waals surface area contributed by atoms with Crippen molar-refractivity contribution in [1.82, 2.24) is 4.98 Å². The molecule has 0 bridgehead atoms. The molecular weight excluding hydrogens is 312 g/mol. The first-order valence-electron chi connectivity index (χ1n) is 5.06. The molecule has 0 amide bonds. The Kier molecular flexibility index (Phi) is 4.54. The third-order valence-corrected chi connectivity index (χ3v) is 2.10. The van der Waals surface area contributed by atoms with Gasteiger partial charge in [-0.3, -0.25) is 4.79 Å². The fourth-order valence-corrected chi connectivity index (χ4v) is 1.36. The van der Waals surface area contributed by atoms with Crippen LogP contribution in [0.3, 0.4) is 0 Å². The van der Waals surface area contributed by atoms with E-state index < -0.39 is 47.8 Å². The fraction of sp³-hybridized carbons (Fsp3) is 0.400. The summed E-state index contributed by atoms with van der Waals surface area (Å²) in [6.07, 6.45) is -11.5. The fourth-order valence-electron chi connectivity index (χ4n) is 1.36. The number of alkyl halides is 6. The molecule has 0 spiro atoms. The predicted octanol–water partition coefficient (Wildman–Crippen LogP) is 2.63. The number of methoxy groups -OCH3 is 1. The standard InChI is InChI=1S/C10H7F6NO4/c1-20-5-3-6(9(11,12)13)17-8(21-10(14,15)16)4(5)2-7(18)19/h3H,2H2,1H3,(H,18,19). The molecule has 21 heavy (non-hydrogen) atoms. The maximum absolute atomic E-state index is 12.5. The van der Waals surface area contributed by atoms with Crippen molar-refractivity contribution in [3.63, 3.8) is 0 Å². The van der Waals surface area contributed by atoms with E-state index in [-0.39, 0.29) is 0 Å². The third-order valence-electron chi connectivity index (χ3n) is 2.10. The first-order valence-corrected chi connectivity index (χ1v) is 5.06. The van der Waals surface area contributed by atoms with Gasteiger partial charge in [-0.1, -0.05) is 0 Å². The summed E-state index contributed by atoms with van der Waals surface area (Å²) in [7, 11) is 0.873. The Balaban J connectivity index is 3.48. The number of pyridine rings is 1. The minimum absolute atomic E-state index is 0.293. The van der Waals surface area contributed by atoms with E-state index in [0.717, 1.165) is 7.11 Å². The number of aromatic nitrogens is 1. The number of hydrogen-bond acceptors (Lipinski definition) is 4.